The van der Waals surface area contributed by atoms with Crippen molar-refractivity contribution < 1.29 is 22.7 Å². The summed E-state index contributed by atoms with van der Waals surface area (Å²) in [5, 5.41) is 20.0. The molecule has 0 saturated carbocycles. The van der Waals surface area contributed by atoms with Gasteiger partial charge in [0.05, 0.1) is 17.1 Å². The third-order valence-electron chi connectivity index (χ3n) is 4.86. The maximum Gasteiger partial charge on any atom is 0.421 e. The zero-order valence-corrected chi connectivity index (χ0v) is 18.1. The predicted octanol–water partition coefficient (Wildman–Crippen LogP) is 6.77. The molecular formula is C25H26F4N2O. The van der Waals surface area contributed by atoms with E-state index >= 15 is 0 Å². The molecule has 7 heteroatoms. The van der Waals surface area contributed by atoms with Crippen LogP contribution in [0.25, 0.3) is 10.9 Å². The van der Waals surface area contributed by atoms with Gasteiger partial charge in [0.15, 0.2) is 5.60 Å². The molecule has 0 amide bonds. The summed E-state index contributed by atoms with van der Waals surface area (Å²) in [6.45, 7) is 7.09. The van der Waals surface area contributed by atoms with E-state index < -0.39 is 24.9 Å². The van der Waals surface area contributed by atoms with E-state index in [1.807, 2.05) is 6.07 Å². The highest BCUT2D eigenvalue weighted by molar-refractivity contribution is 5.86. The molecule has 2 aromatic carbocycles. The Balaban J connectivity index is 0.00000114. The monoisotopic (exact) mass is 446 g/mol. The minimum atomic E-state index is -4.93. The molecule has 3 nitrogen and oxygen atoms in total. The molecule has 170 valence electrons. The second kappa shape index (κ2) is 10.5. The van der Waals surface area contributed by atoms with Crippen LogP contribution >= 0.6 is 0 Å². The first kappa shape index (κ1) is 25.2. The van der Waals surface area contributed by atoms with Gasteiger partial charge in [-0.05, 0) is 23.3 Å². The maximum atomic E-state index is 13.8. The van der Waals surface area contributed by atoms with Crippen molar-refractivity contribution in [3.8, 4) is 6.07 Å². The van der Waals surface area contributed by atoms with E-state index in [-0.39, 0.29) is 23.1 Å². The molecule has 0 saturated heterocycles. The summed E-state index contributed by atoms with van der Waals surface area (Å²) in [5.41, 5.74) is -1.64. The number of rotatable bonds is 6. The number of aromatic nitrogens is 1. The van der Waals surface area contributed by atoms with Crippen LogP contribution in [0.4, 0.5) is 17.6 Å². The molecule has 0 aliphatic heterocycles. The molecule has 3 rings (SSSR count). The van der Waals surface area contributed by atoms with Crippen molar-refractivity contribution in [3.63, 3.8) is 0 Å². The Morgan fingerprint density at radius 3 is 2.34 bits per heavy atom. The number of halogens is 4. The minimum Gasteiger partial charge on any atom is -0.376 e. The molecule has 32 heavy (non-hydrogen) atoms. The third-order valence-corrected chi connectivity index (χ3v) is 4.86. The number of alkyl halides is 4. The van der Waals surface area contributed by atoms with Gasteiger partial charge in [-0.25, -0.2) is 4.39 Å². The molecule has 1 heterocycles. The van der Waals surface area contributed by atoms with Gasteiger partial charge in [-0.3, -0.25) is 0 Å². The first-order valence-corrected chi connectivity index (χ1v) is 10.2. The lowest BCUT2D eigenvalue weighted by Crippen LogP contribution is -2.41. The molecule has 3 aromatic rings. The van der Waals surface area contributed by atoms with Gasteiger partial charge in [0.2, 0.25) is 0 Å². The van der Waals surface area contributed by atoms with E-state index in [9.17, 15) is 27.9 Å². The zero-order valence-electron chi connectivity index (χ0n) is 18.1. The van der Waals surface area contributed by atoms with Crippen molar-refractivity contribution in [2.45, 2.75) is 51.7 Å². The summed E-state index contributed by atoms with van der Waals surface area (Å²) in [6.07, 6.45) is -2.13. The number of nitrogens with zero attached hydrogens (tertiary/aromatic N) is 2. The van der Waals surface area contributed by atoms with Crippen molar-refractivity contribution in [1.82, 2.24) is 4.57 Å². The lowest BCUT2D eigenvalue weighted by molar-refractivity contribution is -0.264. The summed E-state index contributed by atoms with van der Waals surface area (Å²) in [5.74, 6) is 0. The molecule has 0 aliphatic carbocycles. The zero-order chi connectivity index (χ0) is 23.9. The SMILES string of the molecule is C=CCC(O)(c1cn(Cc2cccc(CF)c2)c2cc(C#N)ccc12)C(F)(F)F.CCC. The largest absolute Gasteiger partial charge is 0.421 e. The number of benzene rings is 2. The second-order valence-corrected chi connectivity index (χ2v) is 7.53. The van der Waals surface area contributed by atoms with E-state index in [4.69, 9.17) is 0 Å². The molecule has 1 aromatic heterocycles. The molecule has 0 aliphatic rings. The van der Waals surface area contributed by atoms with Gasteiger partial charge in [0, 0.05) is 30.1 Å². The van der Waals surface area contributed by atoms with Crippen LogP contribution in [0.5, 0.6) is 0 Å². The standard InChI is InChI=1S/C22H18F4N2O.C3H8/c1-2-8-21(29,22(24,25)26)19-14-28(13-17-5-3-4-15(9-17)11-23)20-10-16(12-27)6-7-18(19)20;1-3-2/h2-7,9-10,14,29H,1,8,11,13H2;3H2,1-2H3. The first-order chi connectivity index (χ1) is 15.1. The van der Waals surface area contributed by atoms with Crippen LogP contribution in [0, 0.1) is 11.3 Å². The van der Waals surface area contributed by atoms with E-state index in [0.717, 1.165) is 6.08 Å². The highest BCUT2D eigenvalue weighted by atomic mass is 19.4. The number of fused-ring (bicyclic) bond motifs is 1. The summed E-state index contributed by atoms with van der Waals surface area (Å²) in [6, 6.07) is 12.9. The van der Waals surface area contributed by atoms with E-state index in [1.54, 1.807) is 24.3 Å². The Hall–Kier alpha value is -3.11. The quantitative estimate of drug-likeness (QED) is 0.335. The molecule has 1 atom stereocenters. The summed E-state index contributed by atoms with van der Waals surface area (Å²) in [4.78, 5) is 0. The molecule has 0 radical (unpaired) electrons. The van der Waals surface area contributed by atoms with Crippen molar-refractivity contribution in [1.29, 1.82) is 5.26 Å². The average molecular weight is 446 g/mol. The summed E-state index contributed by atoms with van der Waals surface area (Å²) >= 11 is 0. The van der Waals surface area contributed by atoms with Crippen molar-refractivity contribution in [2.24, 2.45) is 0 Å². The van der Waals surface area contributed by atoms with Gasteiger partial charge in [0.1, 0.15) is 6.67 Å². The van der Waals surface area contributed by atoms with Crippen LogP contribution in [-0.4, -0.2) is 15.8 Å². The minimum absolute atomic E-state index is 0.154. The van der Waals surface area contributed by atoms with Gasteiger partial charge in [0.25, 0.3) is 0 Å². The average Bonchev–Trinajstić information content (AvgIpc) is 3.11. The Morgan fingerprint density at radius 1 is 1.12 bits per heavy atom. The van der Waals surface area contributed by atoms with Gasteiger partial charge < -0.3 is 9.67 Å². The number of aliphatic hydroxyl groups is 1. The molecule has 0 bridgehead atoms. The molecular weight excluding hydrogens is 420 g/mol. The Morgan fingerprint density at radius 2 is 1.78 bits per heavy atom. The highest BCUT2D eigenvalue weighted by Gasteiger charge is 2.55. The van der Waals surface area contributed by atoms with Crippen LogP contribution < -0.4 is 0 Å². The van der Waals surface area contributed by atoms with Crippen molar-refractivity contribution in [2.75, 3.05) is 0 Å². The second-order valence-electron chi connectivity index (χ2n) is 7.53. The Kier molecular flexibility index (Phi) is 8.23. The smallest absolute Gasteiger partial charge is 0.376 e. The fourth-order valence-electron chi connectivity index (χ4n) is 3.42. The summed E-state index contributed by atoms with van der Waals surface area (Å²) in [7, 11) is 0. The van der Waals surface area contributed by atoms with Gasteiger partial charge in [-0.1, -0.05) is 56.7 Å². The highest BCUT2D eigenvalue weighted by Crippen LogP contribution is 2.45. The fraction of sp³-hybridized carbons (Fsp3) is 0.320. The van der Waals surface area contributed by atoms with E-state index in [1.165, 1.54) is 35.4 Å². The van der Waals surface area contributed by atoms with Crippen LogP contribution in [0.3, 0.4) is 0 Å². The Labute approximate surface area is 185 Å². The summed E-state index contributed by atoms with van der Waals surface area (Å²) < 4.78 is 55.8. The topological polar surface area (TPSA) is 49.0 Å². The number of hydrogen-bond acceptors (Lipinski definition) is 2. The first-order valence-electron chi connectivity index (χ1n) is 10.2. The molecule has 1 N–H and O–H groups in total. The maximum absolute atomic E-state index is 13.8. The van der Waals surface area contributed by atoms with Crippen molar-refractivity contribution in [3.05, 3.63) is 83.6 Å². The molecule has 0 spiro atoms. The number of nitriles is 1. The lowest BCUT2D eigenvalue weighted by atomic mass is 9.89. The van der Waals surface area contributed by atoms with Crippen LogP contribution in [0.15, 0.2) is 61.3 Å². The van der Waals surface area contributed by atoms with Gasteiger partial charge >= 0.3 is 6.18 Å². The molecule has 0 fully saturated rings. The van der Waals surface area contributed by atoms with Crippen molar-refractivity contribution >= 4 is 10.9 Å². The Bertz CT molecular complexity index is 1110. The van der Waals surface area contributed by atoms with Crippen LogP contribution in [-0.2, 0) is 18.8 Å². The van der Waals surface area contributed by atoms with Crippen LogP contribution in [0.1, 0.15) is 48.9 Å². The number of hydrogen-bond donors (Lipinski definition) is 1. The van der Waals surface area contributed by atoms with E-state index in [2.05, 4.69) is 20.4 Å². The third kappa shape index (κ3) is 5.20. The molecule has 1 unspecified atom stereocenters. The normalized spacial score (nSPS) is 13.1. The lowest BCUT2D eigenvalue weighted by Gasteiger charge is -2.29. The fourth-order valence-corrected chi connectivity index (χ4v) is 3.42. The van der Waals surface area contributed by atoms with Crippen LogP contribution in [0.2, 0.25) is 0 Å². The van der Waals surface area contributed by atoms with Gasteiger partial charge in [-0.15, -0.1) is 6.58 Å². The van der Waals surface area contributed by atoms with E-state index in [0.29, 0.717) is 16.6 Å². The van der Waals surface area contributed by atoms with Gasteiger partial charge in [-0.2, -0.15) is 18.4 Å². The predicted molar refractivity (Wildman–Crippen MR) is 118 cm³/mol.